The fourth-order valence-corrected chi connectivity index (χ4v) is 2.72. The molecule has 0 radical (unpaired) electrons. The molecule has 82 valence electrons. The lowest BCUT2D eigenvalue weighted by Gasteiger charge is -2.39. The fourth-order valence-electron chi connectivity index (χ4n) is 2.72. The lowest BCUT2D eigenvalue weighted by Crippen LogP contribution is -2.52. The largest absolute Gasteiger partial charge is 0.312 e. The van der Waals surface area contributed by atoms with Crippen molar-refractivity contribution in [3.63, 3.8) is 0 Å². The Hall–Kier alpha value is -0.0800. The van der Waals surface area contributed by atoms with E-state index in [9.17, 15) is 0 Å². The Bertz CT molecular complexity index is 177. The molecule has 1 unspecified atom stereocenters. The molecule has 1 aliphatic carbocycles. The normalized spacial score (nSPS) is 32.6. The van der Waals surface area contributed by atoms with Gasteiger partial charge in [0.2, 0.25) is 0 Å². The molecule has 1 heterocycles. The van der Waals surface area contributed by atoms with Crippen LogP contribution in [0.2, 0.25) is 0 Å². The first-order valence-corrected chi connectivity index (χ1v) is 6.23. The molecule has 0 bridgehead atoms. The third-order valence-corrected chi connectivity index (χ3v) is 3.92. The highest BCUT2D eigenvalue weighted by Gasteiger charge is 2.25. The Morgan fingerprint density at radius 3 is 2.79 bits per heavy atom. The zero-order chi connectivity index (χ0) is 9.97. The molecule has 0 aromatic carbocycles. The maximum atomic E-state index is 3.51. The van der Waals surface area contributed by atoms with Crippen LogP contribution in [0.3, 0.4) is 0 Å². The highest BCUT2D eigenvalue weighted by Crippen LogP contribution is 2.31. The molecule has 2 fully saturated rings. The molecule has 0 spiro atoms. The minimum Gasteiger partial charge on any atom is -0.312 e. The molecule has 1 saturated heterocycles. The van der Waals surface area contributed by atoms with Crippen molar-refractivity contribution in [2.24, 2.45) is 5.92 Å². The van der Waals surface area contributed by atoms with Gasteiger partial charge >= 0.3 is 0 Å². The molecule has 1 saturated carbocycles. The minimum absolute atomic E-state index is 0.688. The predicted molar refractivity (Wildman–Crippen MR) is 60.5 cm³/mol. The molecule has 0 aromatic heterocycles. The lowest BCUT2D eigenvalue weighted by molar-refractivity contribution is 0.122. The third-order valence-electron chi connectivity index (χ3n) is 3.92. The van der Waals surface area contributed by atoms with E-state index < -0.39 is 0 Å². The molecule has 2 heteroatoms. The van der Waals surface area contributed by atoms with Gasteiger partial charge in [0, 0.05) is 31.7 Å². The van der Waals surface area contributed by atoms with E-state index in [2.05, 4.69) is 24.1 Å². The minimum atomic E-state index is 0.688. The zero-order valence-electron chi connectivity index (χ0n) is 9.63. The average molecular weight is 196 g/mol. The Labute approximate surface area is 88.1 Å². The Kier molecular flexibility index (Phi) is 3.45. The fraction of sp³-hybridized carbons (Fsp3) is 1.00. The van der Waals surface area contributed by atoms with Crippen molar-refractivity contribution in [1.82, 2.24) is 10.2 Å². The van der Waals surface area contributed by atoms with E-state index in [4.69, 9.17) is 0 Å². The number of hydrogen-bond donors (Lipinski definition) is 1. The summed E-state index contributed by atoms with van der Waals surface area (Å²) in [7, 11) is 0. The van der Waals surface area contributed by atoms with Gasteiger partial charge in [-0.25, -0.2) is 0 Å². The Morgan fingerprint density at radius 2 is 2.21 bits per heavy atom. The van der Waals surface area contributed by atoms with Crippen molar-refractivity contribution in [3.8, 4) is 0 Å². The highest BCUT2D eigenvalue weighted by molar-refractivity contribution is 4.82. The van der Waals surface area contributed by atoms with Crippen molar-refractivity contribution < 1.29 is 0 Å². The molecule has 0 aromatic rings. The van der Waals surface area contributed by atoms with Gasteiger partial charge in [0.25, 0.3) is 0 Å². The van der Waals surface area contributed by atoms with Crippen LogP contribution < -0.4 is 5.32 Å². The van der Waals surface area contributed by atoms with Gasteiger partial charge in [-0.1, -0.05) is 19.3 Å². The van der Waals surface area contributed by atoms with E-state index in [1.165, 1.54) is 45.3 Å². The third kappa shape index (κ3) is 2.48. The van der Waals surface area contributed by atoms with Gasteiger partial charge in [-0.2, -0.15) is 0 Å². The van der Waals surface area contributed by atoms with Crippen molar-refractivity contribution in [2.45, 2.75) is 51.6 Å². The van der Waals surface area contributed by atoms with Gasteiger partial charge in [0.15, 0.2) is 0 Å². The second-order valence-corrected chi connectivity index (χ2v) is 5.23. The van der Waals surface area contributed by atoms with E-state index in [1.807, 2.05) is 0 Å². The van der Waals surface area contributed by atoms with Crippen LogP contribution in [-0.2, 0) is 0 Å². The summed E-state index contributed by atoms with van der Waals surface area (Å²) in [5, 5.41) is 3.51. The first-order chi connectivity index (χ1) is 6.75. The zero-order valence-corrected chi connectivity index (χ0v) is 9.63. The topological polar surface area (TPSA) is 15.3 Å². The van der Waals surface area contributed by atoms with E-state index in [0.717, 1.165) is 12.0 Å². The van der Waals surface area contributed by atoms with Gasteiger partial charge < -0.3 is 5.32 Å². The number of hydrogen-bond acceptors (Lipinski definition) is 2. The molecule has 2 atom stereocenters. The SMILES string of the molecule is CC(CC1CCC1)N1CCN[C@H](C)C1. The van der Waals surface area contributed by atoms with E-state index in [-0.39, 0.29) is 0 Å². The number of nitrogens with one attached hydrogen (secondary N) is 1. The molecular weight excluding hydrogens is 172 g/mol. The van der Waals surface area contributed by atoms with Crippen molar-refractivity contribution >= 4 is 0 Å². The lowest BCUT2D eigenvalue weighted by atomic mass is 9.81. The summed E-state index contributed by atoms with van der Waals surface area (Å²) in [5.74, 6) is 1.05. The van der Waals surface area contributed by atoms with Crippen molar-refractivity contribution in [3.05, 3.63) is 0 Å². The van der Waals surface area contributed by atoms with Gasteiger partial charge in [0.05, 0.1) is 0 Å². The van der Waals surface area contributed by atoms with Crippen LogP contribution in [-0.4, -0.2) is 36.6 Å². The molecule has 1 aliphatic heterocycles. The monoisotopic (exact) mass is 196 g/mol. The van der Waals surface area contributed by atoms with E-state index in [1.54, 1.807) is 0 Å². The molecule has 2 aliphatic rings. The Balaban J connectivity index is 1.74. The summed E-state index contributed by atoms with van der Waals surface area (Å²) in [5.41, 5.74) is 0. The summed E-state index contributed by atoms with van der Waals surface area (Å²) < 4.78 is 0. The van der Waals surface area contributed by atoms with E-state index in [0.29, 0.717) is 6.04 Å². The summed E-state index contributed by atoms with van der Waals surface area (Å²) in [4.78, 5) is 2.67. The standard InChI is InChI=1S/C12H24N2/c1-10-9-14(7-6-13-10)11(2)8-12-4-3-5-12/h10-13H,3-9H2,1-2H3/t10-,11?/m1/s1. The number of rotatable bonds is 3. The average Bonchev–Trinajstić information content (AvgIpc) is 2.11. The summed E-state index contributed by atoms with van der Waals surface area (Å²) >= 11 is 0. The maximum absolute atomic E-state index is 3.51. The quantitative estimate of drug-likeness (QED) is 0.741. The smallest absolute Gasteiger partial charge is 0.0167 e. The van der Waals surface area contributed by atoms with Crippen molar-refractivity contribution in [1.29, 1.82) is 0 Å². The predicted octanol–water partition coefficient (Wildman–Crippen LogP) is 1.86. The van der Waals surface area contributed by atoms with Crippen molar-refractivity contribution in [2.75, 3.05) is 19.6 Å². The highest BCUT2D eigenvalue weighted by atomic mass is 15.2. The second kappa shape index (κ2) is 4.63. The van der Waals surface area contributed by atoms with Crippen LogP contribution in [0.15, 0.2) is 0 Å². The van der Waals surface area contributed by atoms with Crippen LogP contribution >= 0.6 is 0 Å². The summed E-state index contributed by atoms with van der Waals surface area (Å²) in [6, 6.07) is 1.50. The molecule has 2 rings (SSSR count). The molecule has 14 heavy (non-hydrogen) atoms. The first kappa shape index (κ1) is 10.4. The van der Waals surface area contributed by atoms with Gasteiger partial charge in [-0.05, 0) is 26.2 Å². The van der Waals surface area contributed by atoms with Crippen LogP contribution in [0, 0.1) is 5.92 Å². The van der Waals surface area contributed by atoms with Crippen LogP contribution in [0.5, 0.6) is 0 Å². The summed E-state index contributed by atoms with van der Waals surface area (Å²) in [6.45, 7) is 8.38. The van der Waals surface area contributed by atoms with Crippen LogP contribution in [0.4, 0.5) is 0 Å². The Morgan fingerprint density at radius 1 is 1.43 bits per heavy atom. The molecular formula is C12H24N2. The van der Waals surface area contributed by atoms with Gasteiger partial charge in [-0.15, -0.1) is 0 Å². The molecule has 1 N–H and O–H groups in total. The van der Waals surface area contributed by atoms with E-state index >= 15 is 0 Å². The van der Waals surface area contributed by atoms with Gasteiger partial charge in [-0.3, -0.25) is 4.90 Å². The second-order valence-electron chi connectivity index (χ2n) is 5.23. The molecule has 0 amide bonds. The van der Waals surface area contributed by atoms with Gasteiger partial charge in [0.1, 0.15) is 0 Å². The molecule has 2 nitrogen and oxygen atoms in total. The number of nitrogens with zero attached hydrogens (tertiary/aromatic N) is 1. The summed E-state index contributed by atoms with van der Waals surface area (Å²) in [6.07, 6.45) is 5.90. The maximum Gasteiger partial charge on any atom is 0.0167 e. The van der Waals surface area contributed by atoms with Crippen LogP contribution in [0.1, 0.15) is 39.5 Å². The van der Waals surface area contributed by atoms with Crippen LogP contribution in [0.25, 0.3) is 0 Å². The number of piperazine rings is 1. The first-order valence-electron chi connectivity index (χ1n) is 6.23.